The molecule has 0 N–H and O–H groups in total. The number of hydrogen-bond acceptors (Lipinski definition) is 3. The van der Waals surface area contributed by atoms with Gasteiger partial charge in [0.2, 0.25) is 0 Å². The monoisotopic (exact) mass is 234 g/mol. The molecule has 4 heteroatoms. The van der Waals surface area contributed by atoms with E-state index in [0.717, 1.165) is 5.75 Å². The molecule has 0 saturated carbocycles. The van der Waals surface area contributed by atoms with E-state index >= 15 is 0 Å². The van der Waals surface area contributed by atoms with Crippen LogP contribution in [0.3, 0.4) is 0 Å². The molecular weight excluding hydrogens is 224 g/mol. The lowest BCUT2D eigenvalue weighted by molar-refractivity contribution is 0.328. The molecular formula is C9H11ClOS2. The van der Waals surface area contributed by atoms with Gasteiger partial charge in [0, 0.05) is 5.75 Å². The minimum atomic E-state index is -0.751. The highest BCUT2D eigenvalue weighted by molar-refractivity contribution is 8.01. The van der Waals surface area contributed by atoms with Crippen LogP contribution in [0.15, 0.2) is 30.3 Å². The van der Waals surface area contributed by atoms with Crippen LogP contribution in [0.25, 0.3) is 0 Å². The van der Waals surface area contributed by atoms with Gasteiger partial charge in [0.15, 0.2) is 4.39 Å². The second-order valence-electron chi connectivity index (χ2n) is 2.70. The van der Waals surface area contributed by atoms with Crippen LogP contribution in [0.4, 0.5) is 0 Å². The second kappa shape index (κ2) is 5.15. The van der Waals surface area contributed by atoms with Gasteiger partial charge in [0.25, 0.3) is 0 Å². The highest BCUT2D eigenvalue weighted by Crippen LogP contribution is 2.34. The van der Waals surface area contributed by atoms with Gasteiger partial charge in [0.05, 0.1) is 0 Å². The largest absolute Gasteiger partial charge is 0.285 e. The average molecular weight is 235 g/mol. The summed E-state index contributed by atoms with van der Waals surface area (Å²) in [6.45, 7) is 1.77. The predicted octanol–water partition coefficient (Wildman–Crippen LogP) is 3.69. The first-order chi connectivity index (χ1) is 6.14. The smallest absolute Gasteiger partial charge is 0.198 e. The maximum atomic E-state index is 5.93. The van der Waals surface area contributed by atoms with Gasteiger partial charge in [0.1, 0.15) is 0 Å². The molecule has 1 atom stereocenters. The van der Waals surface area contributed by atoms with E-state index in [4.69, 9.17) is 15.8 Å². The van der Waals surface area contributed by atoms with Gasteiger partial charge in [-0.25, -0.2) is 0 Å². The van der Waals surface area contributed by atoms with E-state index in [1.54, 1.807) is 6.92 Å². The molecule has 1 rings (SSSR count). The lowest BCUT2D eigenvalue weighted by atomic mass is 10.2. The third kappa shape index (κ3) is 4.27. The van der Waals surface area contributed by atoms with E-state index in [9.17, 15) is 0 Å². The van der Waals surface area contributed by atoms with Gasteiger partial charge in [-0.2, -0.15) is 0 Å². The van der Waals surface area contributed by atoms with E-state index in [2.05, 4.69) is 25.0 Å². The molecule has 0 aromatic heterocycles. The Balaban J connectivity index is 2.44. The van der Waals surface area contributed by atoms with Crippen molar-refractivity contribution in [1.82, 2.24) is 0 Å². The maximum absolute atomic E-state index is 5.93. The molecule has 0 aliphatic rings. The molecule has 72 valence electrons. The van der Waals surface area contributed by atoms with Crippen molar-refractivity contribution >= 4 is 36.3 Å². The van der Waals surface area contributed by atoms with Crippen molar-refractivity contribution in [3.8, 4) is 0 Å². The fourth-order valence-electron chi connectivity index (χ4n) is 0.813. The van der Waals surface area contributed by atoms with Crippen LogP contribution in [0.2, 0.25) is 0 Å². The third-order valence-electron chi connectivity index (χ3n) is 1.50. The highest BCUT2D eigenvalue weighted by atomic mass is 35.5. The van der Waals surface area contributed by atoms with E-state index in [1.807, 2.05) is 18.2 Å². The van der Waals surface area contributed by atoms with Crippen molar-refractivity contribution in [2.24, 2.45) is 0 Å². The zero-order valence-corrected chi connectivity index (χ0v) is 9.70. The van der Waals surface area contributed by atoms with Gasteiger partial charge in [-0.05, 0) is 25.4 Å². The Labute approximate surface area is 93.4 Å². The van der Waals surface area contributed by atoms with Gasteiger partial charge >= 0.3 is 0 Å². The summed E-state index contributed by atoms with van der Waals surface area (Å²) in [6.07, 6.45) is 0. The standard InChI is InChI=1S/C9H11ClOS2/c1-9(10,11-12)13-7-8-5-3-2-4-6-8/h2-6,12H,7H2,1H3. The Bertz CT molecular complexity index is 251. The van der Waals surface area contributed by atoms with E-state index in [-0.39, 0.29) is 0 Å². The molecule has 0 bridgehead atoms. The van der Waals surface area contributed by atoms with Crippen LogP contribution in [-0.2, 0) is 9.94 Å². The van der Waals surface area contributed by atoms with Gasteiger partial charge in [-0.1, -0.05) is 41.9 Å². The molecule has 13 heavy (non-hydrogen) atoms. The van der Waals surface area contributed by atoms with Crippen molar-refractivity contribution in [2.75, 3.05) is 0 Å². The molecule has 1 aromatic rings. The summed E-state index contributed by atoms with van der Waals surface area (Å²) >= 11 is 11.1. The minimum absolute atomic E-state index is 0.751. The maximum Gasteiger partial charge on any atom is 0.198 e. The zero-order valence-electron chi connectivity index (χ0n) is 7.24. The van der Waals surface area contributed by atoms with E-state index in [0.29, 0.717) is 0 Å². The Kier molecular flexibility index (Phi) is 4.46. The summed E-state index contributed by atoms with van der Waals surface area (Å²) in [5, 5.41) is 0. The molecule has 0 saturated heterocycles. The van der Waals surface area contributed by atoms with Crippen LogP contribution in [0.5, 0.6) is 0 Å². The third-order valence-corrected chi connectivity index (χ3v) is 3.58. The van der Waals surface area contributed by atoms with E-state index in [1.165, 1.54) is 17.3 Å². The number of rotatable bonds is 4. The lowest BCUT2D eigenvalue weighted by Gasteiger charge is -2.17. The summed E-state index contributed by atoms with van der Waals surface area (Å²) in [5.74, 6) is 0.821. The van der Waals surface area contributed by atoms with Crippen molar-refractivity contribution in [2.45, 2.75) is 17.1 Å². The average Bonchev–Trinajstić information content (AvgIpc) is 2.17. The molecule has 0 amide bonds. The topological polar surface area (TPSA) is 9.23 Å². The van der Waals surface area contributed by atoms with E-state index < -0.39 is 4.39 Å². The normalized spacial score (nSPS) is 15.3. The summed E-state index contributed by atoms with van der Waals surface area (Å²) in [5.41, 5.74) is 1.23. The zero-order chi connectivity index (χ0) is 9.73. The fraction of sp³-hybridized carbons (Fsp3) is 0.333. The van der Waals surface area contributed by atoms with Gasteiger partial charge < -0.3 is 0 Å². The Morgan fingerprint density at radius 2 is 2.08 bits per heavy atom. The number of thiol groups is 1. The SMILES string of the molecule is CC(Cl)(OS)SCc1ccccc1. The Morgan fingerprint density at radius 1 is 1.46 bits per heavy atom. The van der Waals surface area contributed by atoms with Crippen LogP contribution in [-0.4, -0.2) is 4.39 Å². The molecule has 0 spiro atoms. The summed E-state index contributed by atoms with van der Waals surface area (Å²) in [4.78, 5) is 0. The second-order valence-corrected chi connectivity index (χ2v) is 5.18. The van der Waals surface area contributed by atoms with Crippen molar-refractivity contribution < 1.29 is 4.18 Å². The molecule has 1 unspecified atom stereocenters. The number of thioether (sulfide) groups is 1. The molecule has 0 heterocycles. The number of benzene rings is 1. The van der Waals surface area contributed by atoms with Crippen molar-refractivity contribution in [1.29, 1.82) is 0 Å². The summed E-state index contributed by atoms with van der Waals surface area (Å²) in [7, 11) is 0. The number of hydrogen-bond donors (Lipinski definition) is 1. The first-order valence-electron chi connectivity index (χ1n) is 3.83. The first kappa shape index (κ1) is 11.2. The van der Waals surface area contributed by atoms with Crippen molar-refractivity contribution in [3.63, 3.8) is 0 Å². The van der Waals surface area contributed by atoms with Crippen LogP contribution in [0.1, 0.15) is 12.5 Å². The quantitative estimate of drug-likeness (QED) is 0.368. The molecule has 0 radical (unpaired) electrons. The van der Waals surface area contributed by atoms with Crippen LogP contribution < -0.4 is 0 Å². The molecule has 1 aromatic carbocycles. The van der Waals surface area contributed by atoms with Gasteiger partial charge in [-0.15, -0.1) is 11.8 Å². The first-order valence-corrected chi connectivity index (χ1v) is 5.56. The molecule has 0 fully saturated rings. The van der Waals surface area contributed by atoms with Gasteiger partial charge in [-0.3, -0.25) is 4.18 Å². The fourth-order valence-corrected chi connectivity index (χ4v) is 1.80. The number of halogens is 1. The van der Waals surface area contributed by atoms with Crippen molar-refractivity contribution in [3.05, 3.63) is 35.9 Å². The molecule has 1 nitrogen and oxygen atoms in total. The molecule has 0 aliphatic carbocycles. The summed E-state index contributed by atoms with van der Waals surface area (Å²) < 4.78 is 4.03. The van der Waals surface area contributed by atoms with Crippen LogP contribution >= 0.6 is 36.3 Å². The Hall–Kier alpha value is 0.170. The minimum Gasteiger partial charge on any atom is -0.285 e. The lowest BCUT2D eigenvalue weighted by Crippen LogP contribution is -2.10. The highest BCUT2D eigenvalue weighted by Gasteiger charge is 2.20. The predicted molar refractivity (Wildman–Crippen MR) is 62.1 cm³/mol. The Morgan fingerprint density at radius 3 is 2.62 bits per heavy atom. The number of alkyl halides is 1. The summed E-state index contributed by atoms with van der Waals surface area (Å²) in [6, 6.07) is 10.1. The molecule has 0 aliphatic heterocycles. The van der Waals surface area contributed by atoms with Crippen LogP contribution in [0, 0.1) is 0 Å².